The molecule has 0 aliphatic rings. The van der Waals surface area contributed by atoms with Gasteiger partial charge in [0.15, 0.2) is 5.82 Å². The number of aromatic nitrogens is 3. The Kier molecular flexibility index (Phi) is 5.14. The number of para-hydroxylation sites is 1. The van der Waals surface area contributed by atoms with Gasteiger partial charge in [0.25, 0.3) is 5.91 Å². The monoisotopic (exact) mass is 402 g/mol. The first-order valence-corrected chi connectivity index (χ1v) is 9.57. The lowest BCUT2D eigenvalue weighted by Gasteiger charge is -2.09. The second kappa shape index (κ2) is 7.89. The molecule has 1 N–H and O–H groups in total. The quantitative estimate of drug-likeness (QED) is 0.493. The molecule has 1 heterocycles. The summed E-state index contributed by atoms with van der Waals surface area (Å²) >= 11 is 6.22. The van der Waals surface area contributed by atoms with E-state index in [1.54, 1.807) is 4.68 Å². The molecule has 144 valence electrons. The molecule has 5 nitrogen and oxygen atoms in total. The van der Waals surface area contributed by atoms with Gasteiger partial charge in [-0.05, 0) is 43.2 Å². The lowest BCUT2D eigenvalue weighted by atomic mass is 10.2. The van der Waals surface area contributed by atoms with Gasteiger partial charge in [-0.2, -0.15) is 0 Å². The Morgan fingerprint density at radius 2 is 1.66 bits per heavy atom. The molecule has 6 heteroatoms. The third-order valence-corrected chi connectivity index (χ3v) is 4.87. The molecule has 0 aliphatic carbocycles. The molecule has 3 aromatic carbocycles. The molecule has 0 saturated heterocycles. The number of amides is 1. The minimum atomic E-state index is -0.366. The highest BCUT2D eigenvalue weighted by Crippen LogP contribution is 2.25. The average molecular weight is 403 g/mol. The van der Waals surface area contributed by atoms with E-state index in [-0.39, 0.29) is 11.7 Å². The molecule has 1 aromatic heterocycles. The molecule has 1 amide bonds. The summed E-state index contributed by atoms with van der Waals surface area (Å²) in [6, 6.07) is 22.8. The molecule has 0 spiro atoms. The molecular formula is C23H19ClN4O. The number of carbonyl (C=O) groups excluding carboxylic acids is 1. The summed E-state index contributed by atoms with van der Waals surface area (Å²) in [5.41, 5.74) is 4.30. The van der Waals surface area contributed by atoms with Crippen molar-refractivity contribution < 1.29 is 4.79 Å². The minimum absolute atomic E-state index is 0.0893. The summed E-state index contributed by atoms with van der Waals surface area (Å²) in [4.78, 5) is 17.4. The van der Waals surface area contributed by atoms with Crippen LogP contribution in [-0.2, 0) is 0 Å². The normalized spacial score (nSPS) is 10.7. The van der Waals surface area contributed by atoms with Crippen LogP contribution >= 0.6 is 11.6 Å². The van der Waals surface area contributed by atoms with Crippen molar-refractivity contribution in [2.24, 2.45) is 0 Å². The van der Waals surface area contributed by atoms with Crippen LogP contribution in [0, 0.1) is 13.8 Å². The highest BCUT2D eigenvalue weighted by molar-refractivity contribution is 6.30. The van der Waals surface area contributed by atoms with Gasteiger partial charge >= 0.3 is 0 Å². The van der Waals surface area contributed by atoms with Crippen molar-refractivity contribution in [2.45, 2.75) is 13.8 Å². The molecule has 0 atom stereocenters. The van der Waals surface area contributed by atoms with E-state index in [1.165, 1.54) is 0 Å². The Hall–Kier alpha value is -3.44. The summed E-state index contributed by atoms with van der Waals surface area (Å²) in [6.07, 6.45) is 0. The maximum absolute atomic E-state index is 12.9. The summed E-state index contributed by atoms with van der Waals surface area (Å²) in [5.74, 6) is 0.298. The number of rotatable bonds is 4. The Bertz CT molecular complexity index is 1180. The minimum Gasteiger partial charge on any atom is -0.319 e. The van der Waals surface area contributed by atoms with E-state index < -0.39 is 0 Å². The van der Waals surface area contributed by atoms with E-state index in [0.717, 1.165) is 28.1 Å². The topological polar surface area (TPSA) is 59.8 Å². The van der Waals surface area contributed by atoms with Crippen molar-refractivity contribution in [3.8, 4) is 17.1 Å². The summed E-state index contributed by atoms with van der Waals surface area (Å²) in [7, 11) is 0. The number of anilines is 1. The first kappa shape index (κ1) is 18.9. The van der Waals surface area contributed by atoms with Crippen LogP contribution in [0.2, 0.25) is 5.02 Å². The SMILES string of the molecule is Cc1ccccc1NC(=O)c1nc(-c2ccccc2)n(-c2cc(Cl)ccc2C)n1. The molecule has 29 heavy (non-hydrogen) atoms. The molecule has 0 radical (unpaired) electrons. The van der Waals surface area contributed by atoms with E-state index in [4.69, 9.17) is 11.6 Å². The molecule has 0 saturated carbocycles. The Labute approximate surface area is 174 Å². The number of aryl methyl sites for hydroxylation is 2. The van der Waals surface area contributed by atoms with Crippen LogP contribution < -0.4 is 5.32 Å². The fourth-order valence-electron chi connectivity index (χ4n) is 3.05. The van der Waals surface area contributed by atoms with Crippen LogP contribution in [0.15, 0.2) is 72.8 Å². The highest BCUT2D eigenvalue weighted by Gasteiger charge is 2.20. The second-order valence-electron chi connectivity index (χ2n) is 6.74. The van der Waals surface area contributed by atoms with Gasteiger partial charge in [0.1, 0.15) is 0 Å². The molecular weight excluding hydrogens is 384 g/mol. The fourth-order valence-corrected chi connectivity index (χ4v) is 3.22. The van der Waals surface area contributed by atoms with Gasteiger partial charge in [-0.25, -0.2) is 9.67 Å². The molecule has 0 bridgehead atoms. The van der Waals surface area contributed by atoms with Gasteiger partial charge in [-0.15, -0.1) is 5.10 Å². The molecule has 0 aliphatic heterocycles. The van der Waals surface area contributed by atoms with Crippen molar-refractivity contribution in [2.75, 3.05) is 5.32 Å². The van der Waals surface area contributed by atoms with E-state index in [0.29, 0.717) is 10.8 Å². The van der Waals surface area contributed by atoms with E-state index in [2.05, 4.69) is 15.4 Å². The second-order valence-corrected chi connectivity index (χ2v) is 7.17. The number of halogens is 1. The van der Waals surface area contributed by atoms with E-state index >= 15 is 0 Å². The number of carbonyl (C=O) groups is 1. The standard InChI is InChI=1S/C23H19ClN4O/c1-15-8-6-7-11-19(15)25-23(29)21-26-22(17-9-4-3-5-10-17)28(27-21)20-14-18(24)13-12-16(20)2/h3-14H,1-2H3,(H,25,29). The number of nitrogens with zero attached hydrogens (tertiary/aromatic N) is 3. The predicted molar refractivity (Wildman–Crippen MR) is 116 cm³/mol. The lowest BCUT2D eigenvalue weighted by Crippen LogP contribution is -2.15. The zero-order valence-electron chi connectivity index (χ0n) is 16.1. The third kappa shape index (κ3) is 3.91. The van der Waals surface area contributed by atoms with Crippen LogP contribution in [0.25, 0.3) is 17.1 Å². The first-order chi connectivity index (χ1) is 14.0. The van der Waals surface area contributed by atoms with Gasteiger partial charge in [-0.1, -0.05) is 66.2 Å². The van der Waals surface area contributed by atoms with Crippen LogP contribution in [-0.4, -0.2) is 20.7 Å². The van der Waals surface area contributed by atoms with Crippen LogP contribution in [0.4, 0.5) is 5.69 Å². The summed E-state index contributed by atoms with van der Waals surface area (Å²) in [5, 5.41) is 8.00. The van der Waals surface area contributed by atoms with Crippen molar-refractivity contribution in [1.82, 2.24) is 14.8 Å². The summed E-state index contributed by atoms with van der Waals surface area (Å²) < 4.78 is 1.67. The Morgan fingerprint density at radius 3 is 2.41 bits per heavy atom. The first-order valence-electron chi connectivity index (χ1n) is 9.19. The third-order valence-electron chi connectivity index (χ3n) is 4.63. The van der Waals surface area contributed by atoms with Crippen molar-refractivity contribution >= 4 is 23.2 Å². The predicted octanol–water partition coefficient (Wildman–Crippen LogP) is 5.46. The smallest absolute Gasteiger partial charge is 0.295 e. The molecule has 0 fully saturated rings. The van der Waals surface area contributed by atoms with Crippen LogP contribution in [0.3, 0.4) is 0 Å². The van der Waals surface area contributed by atoms with Gasteiger partial charge < -0.3 is 5.32 Å². The molecule has 4 aromatic rings. The number of hydrogen-bond donors (Lipinski definition) is 1. The van der Waals surface area contributed by atoms with Crippen LogP contribution in [0.1, 0.15) is 21.7 Å². The molecule has 4 rings (SSSR count). The van der Waals surface area contributed by atoms with Gasteiger partial charge in [0.2, 0.25) is 5.82 Å². The van der Waals surface area contributed by atoms with Gasteiger partial charge in [-0.3, -0.25) is 4.79 Å². The van der Waals surface area contributed by atoms with Crippen LogP contribution in [0.5, 0.6) is 0 Å². The number of nitrogens with one attached hydrogen (secondary N) is 1. The fraction of sp³-hybridized carbons (Fsp3) is 0.0870. The number of benzene rings is 3. The molecule has 0 unspecified atom stereocenters. The van der Waals surface area contributed by atoms with Crippen molar-refractivity contribution in [1.29, 1.82) is 0 Å². The highest BCUT2D eigenvalue weighted by atomic mass is 35.5. The zero-order chi connectivity index (χ0) is 20.4. The van der Waals surface area contributed by atoms with Crippen molar-refractivity contribution in [3.63, 3.8) is 0 Å². The lowest BCUT2D eigenvalue weighted by molar-refractivity contribution is 0.101. The van der Waals surface area contributed by atoms with E-state index in [9.17, 15) is 4.79 Å². The van der Waals surface area contributed by atoms with Gasteiger partial charge in [0.05, 0.1) is 5.69 Å². The maximum atomic E-state index is 12.9. The Balaban J connectivity index is 1.81. The largest absolute Gasteiger partial charge is 0.319 e. The van der Waals surface area contributed by atoms with Crippen molar-refractivity contribution in [3.05, 3.63) is 94.8 Å². The van der Waals surface area contributed by atoms with E-state index in [1.807, 2.05) is 86.6 Å². The summed E-state index contributed by atoms with van der Waals surface area (Å²) in [6.45, 7) is 3.90. The van der Waals surface area contributed by atoms with Gasteiger partial charge in [0, 0.05) is 16.3 Å². The maximum Gasteiger partial charge on any atom is 0.295 e. The average Bonchev–Trinajstić information content (AvgIpc) is 3.17. The zero-order valence-corrected chi connectivity index (χ0v) is 16.8. The Morgan fingerprint density at radius 1 is 0.931 bits per heavy atom. The number of hydrogen-bond acceptors (Lipinski definition) is 3.